The third kappa shape index (κ3) is 2.94. The van der Waals surface area contributed by atoms with Gasteiger partial charge in [0, 0.05) is 51.0 Å². The van der Waals surface area contributed by atoms with Crippen LogP contribution in [0, 0.1) is 0 Å². The van der Waals surface area contributed by atoms with Gasteiger partial charge in [-0.3, -0.25) is 9.69 Å². The average molecular weight is 342 g/mol. The minimum atomic E-state index is -4.44. The smallest absolute Gasteiger partial charge is 0.342 e. The average Bonchev–Trinajstić information content (AvgIpc) is 2.61. The number of rotatable bonds is 1. The minimum absolute atomic E-state index is 0.0769. The summed E-state index contributed by atoms with van der Waals surface area (Å²) < 4.78 is 38.9. The number of hydrogen-bond acceptors (Lipinski definition) is 4. The minimum Gasteiger partial charge on any atom is -0.342 e. The lowest BCUT2D eigenvalue weighted by Gasteiger charge is -2.42. The fraction of sp³-hybridized carbons (Fsp3) is 0.625. The van der Waals surface area contributed by atoms with E-state index in [1.54, 1.807) is 7.05 Å². The van der Waals surface area contributed by atoms with Gasteiger partial charge in [-0.2, -0.15) is 13.2 Å². The molecule has 0 radical (unpaired) electrons. The molecule has 0 spiro atoms. The van der Waals surface area contributed by atoms with E-state index in [0.29, 0.717) is 30.5 Å². The number of likely N-dealkylation sites (N-methyl/N-ethyl adjacent to an activating group) is 1. The van der Waals surface area contributed by atoms with Crippen molar-refractivity contribution in [3.8, 4) is 0 Å². The summed E-state index contributed by atoms with van der Waals surface area (Å²) in [6.45, 7) is 6.18. The number of aromatic nitrogens is 1. The van der Waals surface area contributed by atoms with Crippen LogP contribution in [0.5, 0.6) is 0 Å². The molecule has 0 unspecified atom stereocenters. The van der Waals surface area contributed by atoms with Gasteiger partial charge in [0.15, 0.2) is 0 Å². The number of piperazine rings is 1. The molecule has 0 saturated carbocycles. The Labute approximate surface area is 139 Å². The largest absolute Gasteiger partial charge is 0.417 e. The summed E-state index contributed by atoms with van der Waals surface area (Å²) in [5, 5.41) is 0. The summed E-state index contributed by atoms with van der Waals surface area (Å²) in [6, 6.07) is 1.02. The second-order valence-corrected chi connectivity index (χ2v) is 6.70. The Morgan fingerprint density at radius 3 is 2.62 bits per heavy atom. The van der Waals surface area contributed by atoms with Gasteiger partial charge in [-0.1, -0.05) is 0 Å². The lowest BCUT2D eigenvalue weighted by molar-refractivity contribution is -0.137. The maximum absolute atomic E-state index is 13.0. The van der Waals surface area contributed by atoms with Crippen molar-refractivity contribution in [2.24, 2.45) is 0 Å². The zero-order chi connectivity index (χ0) is 17.6. The molecule has 24 heavy (non-hydrogen) atoms. The molecule has 1 amide bonds. The van der Waals surface area contributed by atoms with Gasteiger partial charge in [-0.25, -0.2) is 4.98 Å². The van der Waals surface area contributed by atoms with Crippen LogP contribution in [-0.4, -0.2) is 59.5 Å². The Hall–Kier alpha value is -1.83. The number of nitrogens with zero attached hydrogens (tertiary/aromatic N) is 4. The summed E-state index contributed by atoms with van der Waals surface area (Å²) in [6.07, 6.45) is -3.58. The number of carbonyl (C=O) groups excluding carboxylic acids is 1. The van der Waals surface area contributed by atoms with Crippen LogP contribution in [-0.2, 0) is 17.5 Å². The number of pyridine rings is 1. The third-order valence-corrected chi connectivity index (χ3v) is 4.75. The van der Waals surface area contributed by atoms with E-state index in [1.165, 1.54) is 4.90 Å². The van der Waals surface area contributed by atoms with Crippen LogP contribution in [0.1, 0.15) is 25.0 Å². The maximum Gasteiger partial charge on any atom is 0.417 e. The van der Waals surface area contributed by atoms with Crippen molar-refractivity contribution >= 4 is 11.7 Å². The van der Waals surface area contributed by atoms with E-state index in [0.717, 1.165) is 18.8 Å². The molecule has 8 heteroatoms. The van der Waals surface area contributed by atoms with Crippen molar-refractivity contribution in [1.29, 1.82) is 0 Å². The van der Waals surface area contributed by atoms with Gasteiger partial charge >= 0.3 is 6.18 Å². The van der Waals surface area contributed by atoms with Gasteiger partial charge in [0.25, 0.3) is 0 Å². The molecule has 1 fully saturated rings. The first-order valence-corrected chi connectivity index (χ1v) is 8.00. The van der Waals surface area contributed by atoms with Crippen LogP contribution < -0.4 is 4.90 Å². The predicted octanol–water partition coefficient (Wildman–Crippen LogP) is 1.97. The van der Waals surface area contributed by atoms with E-state index in [2.05, 4.69) is 23.7 Å². The molecule has 3 rings (SSSR count). The van der Waals surface area contributed by atoms with Gasteiger partial charge in [-0.15, -0.1) is 0 Å². The van der Waals surface area contributed by atoms with E-state index in [-0.39, 0.29) is 12.5 Å². The van der Waals surface area contributed by atoms with Gasteiger partial charge in [0.05, 0.1) is 5.56 Å². The predicted molar refractivity (Wildman–Crippen MR) is 83.6 cm³/mol. The lowest BCUT2D eigenvalue weighted by atomic mass is 10.1. The molecule has 1 saturated heterocycles. The lowest BCUT2D eigenvalue weighted by Crippen LogP contribution is -2.59. The molecule has 1 atom stereocenters. The first-order valence-electron chi connectivity index (χ1n) is 8.00. The van der Waals surface area contributed by atoms with Crippen molar-refractivity contribution in [3.63, 3.8) is 0 Å². The maximum atomic E-state index is 13.0. The van der Waals surface area contributed by atoms with E-state index < -0.39 is 17.8 Å². The molecule has 0 aromatic carbocycles. The second kappa shape index (κ2) is 5.91. The topological polar surface area (TPSA) is 39.7 Å². The molecular weight excluding hydrogens is 321 g/mol. The molecule has 1 aromatic heterocycles. The molecular formula is C16H21F3N4O. The highest BCUT2D eigenvalue weighted by molar-refractivity contribution is 5.87. The molecule has 2 aliphatic heterocycles. The number of fused-ring (bicyclic) bond motifs is 3. The fourth-order valence-electron chi connectivity index (χ4n) is 3.36. The van der Waals surface area contributed by atoms with E-state index in [9.17, 15) is 18.0 Å². The molecule has 1 aromatic rings. The Morgan fingerprint density at radius 2 is 2.00 bits per heavy atom. The van der Waals surface area contributed by atoms with Crippen molar-refractivity contribution < 1.29 is 18.0 Å². The van der Waals surface area contributed by atoms with Crippen LogP contribution in [0.3, 0.4) is 0 Å². The number of halogens is 3. The SMILES string of the molecule is CC(C)N1CCN2c3ncc(C(F)(F)F)cc3CN(C)C(=O)[C@H]2C1. The monoisotopic (exact) mass is 342 g/mol. The summed E-state index contributed by atoms with van der Waals surface area (Å²) in [5.41, 5.74) is -0.331. The summed E-state index contributed by atoms with van der Waals surface area (Å²) in [7, 11) is 1.63. The zero-order valence-corrected chi connectivity index (χ0v) is 14.0. The second-order valence-electron chi connectivity index (χ2n) is 6.70. The first-order chi connectivity index (χ1) is 11.2. The number of anilines is 1. The van der Waals surface area contributed by atoms with Crippen LogP contribution in [0.15, 0.2) is 12.3 Å². The molecule has 132 valence electrons. The highest BCUT2D eigenvalue weighted by Gasteiger charge is 2.40. The van der Waals surface area contributed by atoms with Crippen molar-refractivity contribution in [1.82, 2.24) is 14.8 Å². The molecule has 3 heterocycles. The van der Waals surface area contributed by atoms with E-state index >= 15 is 0 Å². The molecule has 5 nitrogen and oxygen atoms in total. The van der Waals surface area contributed by atoms with E-state index in [4.69, 9.17) is 0 Å². The summed E-state index contributed by atoms with van der Waals surface area (Å²) in [4.78, 5) is 22.3. The molecule has 2 aliphatic rings. The van der Waals surface area contributed by atoms with Crippen molar-refractivity contribution in [3.05, 3.63) is 23.4 Å². The molecule has 0 bridgehead atoms. The van der Waals surface area contributed by atoms with Gasteiger partial charge in [0.1, 0.15) is 11.9 Å². The summed E-state index contributed by atoms with van der Waals surface area (Å²) in [5.74, 6) is 0.418. The van der Waals surface area contributed by atoms with Crippen LogP contribution in [0.2, 0.25) is 0 Å². The van der Waals surface area contributed by atoms with Gasteiger partial charge < -0.3 is 9.80 Å². The molecule has 0 N–H and O–H groups in total. The van der Waals surface area contributed by atoms with Crippen LogP contribution >= 0.6 is 0 Å². The highest BCUT2D eigenvalue weighted by atomic mass is 19.4. The van der Waals surface area contributed by atoms with E-state index in [1.807, 2.05) is 4.90 Å². The third-order valence-electron chi connectivity index (χ3n) is 4.75. The van der Waals surface area contributed by atoms with Crippen LogP contribution in [0.25, 0.3) is 0 Å². The Balaban J connectivity index is 2.00. The van der Waals surface area contributed by atoms with Crippen LogP contribution in [0.4, 0.5) is 19.0 Å². The highest BCUT2D eigenvalue weighted by Crippen LogP contribution is 2.34. The Morgan fingerprint density at radius 1 is 1.29 bits per heavy atom. The quantitative estimate of drug-likeness (QED) is 0.782. The number of carbonyl (C=O) groups is 1. The molecule has 0 aliphatic carbocycles. The van der Waals surface area contributed by atoms with Gasteiger partial charge in [0.2, 0.25) is 5.91 Å². The Bertz CT molecular complexity index is 647. The number of alkyl halides is 3. The zero-order valence-electron chi connectivity index (χ0n) is 14.0. The number of amides is 1. The Kier molecular flexibility index (Phi) is 4.19. The summed E-state index contributed by atoms with van der Waals surface area (Å²) >= 11 is 0. The van der Waals surface area contributed by atoms with Gasteiger partial charge in [-0.05, 0) is 19.9 Å². The first kappa shape index (κ1) is 17.0. The normalized spacial score (nSPS) is 22.5. The standard InChI is InChI=1S/C16H21F3N4O/c1-10(2)22-4-5-23-13(9-22)15(24)21(3)8-11-6-12(16(17,18)19)7-20-14(11)23/h6-7,10,13H,4-5,8-9H2,1-3H3/t13-/m1/s1. The van der Waals surface area contributed by atoms with Crippen molar-refractivity contribution in [2.75, 3.05) is 31.6 Å². The van der Waals surface area contributed by atoms with Crippen molar-refractivity contribution in [2.45, 2.75) is 38.7 Å². The fourth-order valence-corrected chi connectivity index (χ4v) is 3.36. The number of hydrogen-bond donors (Lipinski definition) is 0.